The van der Waals surface area contributed by atoms with Crippen molar-refractivity contribution in [2.24, 2.45) is 12.8 Å². The van der Waals surface area contributed by atoms with E-state index in [1.165, 1.54) is 4.68 Å². The fourth-order valence-corrected chi connectivity index (χ4v) is 1.53. The number of aryl methyl sites for hydroxylation is 1. The van der Waals surface area contributed by atoms with Gasteiger partial charge in [-0.3, -0.25) is 14.6 Å². The Bertz CT molecular complexity index is 522. The van der Waals surface area contributed by atoms with Gasteiger partial charge in [0.05, 0.1) is 10.9 Å². The van der Waals surface area contributed by atoms with Crippen LogP contribution in [0.5, 0.6) is 0 Å². The van der Waals surface area contributed by atoms with Crippen LogP contribution in [0.15, 0.2) is 23.0 Å². The summed E-state index contributed by atoms with van der Waals surface area (Å²) >= 11 is 0. The number of fused-ring (bicyclic) bond motifs is 1. The molecule has 1 aromatic heterocycles. The third-order valence-corrected chi connectivity index (χ3v) is 2.39. The second kappa shape index (κ2) is 2.99. The number of rotatable bonds is 1. The zero-order valence-corrected chi connectivity index (χ0v) is 8.24. The Morgan fingerprint density at radius 1 is 1.50 bits per heavy atom. The zero-order valence-electron chi connectivity index (χ0n) is 8.24. The lowest BCUT2D eigenvalue weighted by molar-refractivity contribution is 0.751. The van der Waals surface area contributed by atoms with Crippen LogP contribution >= 0.6 is 0 Å². The molecular weight excluding hydrogens is 178 g/mol. The minimum atomic E-state index is -0.0426. The zero-order chi connectivity index (χ0) is 10.3. The molecule has 14 heavy (non-hydrogen) atoms. The Labute approximate surface area is 81.3 Å². The van der Waals surface area contributed by atoms with Gasteiger partial charge in [0.25, 0.3) is 5.56 Å². The Kier molecular flexibility index (Phi) is 1.93. The normalized spacial score (nSPS) is 13.4. The number of nitrogens with one attached hydrogen (secondary N) is 1. The molecule has 2 rings (SSSR count). The number of H-pyrrole nitrogens is 1. The molecule has 0 aliphatic carbocycles. The van der Waals surface area contributed by atoms with Crippen LogP contribution in [0.2, 0.25) is 0 Å². The number of benzene rings is 1. The Hall–Kier alpha value is -1.55. The first kappa shape index (κ1) is 9.02. The highest BCUT2D eigenvalue weighted by atomic mass is 16.1. The second-order valence-corrected chi connectivity index (χ2v) is 3.57. The van der Waals surface area contributed by atoms with Crippen LogP contribution in [0.3, 0.4) is 0 Å². The van der Waals surface area contributed by atoms with Gasteiger partial charge in [-0.2, -0.15) is 0 Å². The standard InChI is InChI=1S/C10H13N3O/c1-6(11)7-3-4-9-8(5-7)10(14)13(2)12-9/h3-6,12H,11H2,1-2H3. The lowest BCUT2D eigenvalue weighted by Gasteiger charge is -2.03. The van der Waals surface area contributed by atoms with E-state index in [1.807, 2.05) is 25.1 Å². The maximum atomic E-state index is 11.6. The van der Waals surface area contributed by atoms with Gasteiger partial charge < -0.3 is 5.73 Å². The average molecular weight is 191 g/mol. The molecule has 4 heteroatoms. The van der Waals surface area contributed by atoms with Gasteiger partial charge in [-0.05, 0) is 24.6 Å². The molecule has 0 saturated heterocycles. The molecule has 0 spiro atoms. The molecule has 0 bridgehead atoms. The molecular formula is C10H13N3O. The predicted octanol–water partition coefficient (Wildman–Crippen LogP) is 0.886. The minimum absolute atomic E-state index is 0.0116. The van der Waals surface area contributed by atoms with E-state index in [1.54, 1.807) is 7.05 Å². The van der Waals surface area contributed by atoms with E-state index in [0.717, 1.165) is 11.1 Å². The summed E-state index contributed by atoms with van der Waals surface area (Å²) in [5.41, 5.74) is 7.56. The van der Waals surface area contributed by atoms with Crippen LogP contribution in [-0.4, -0.2) is 9.78 Å². The van der Waals surface area contributed by atoms with Crippen molar-refractivity contribution in [3.05, 3.63) is 34.1 Å². The summed E-state index contributed by atoms with van der Waals surface area (Å²) < 4.78 is 1.47. The lowest BCUT2D eigenvalue weighted by Crippen LogP contribution is -2.11. The van der Waals surface area contributed by atoms with Gasteiger partial charge in [0.15, 0.2) is 0 Å². The molecule has 4 nitrogen and oxygen atoms in total. The lowest BCUT2D eigenvalue weighted by atomic mass is 10.1. The number of hydrogen-bond donors (Lipinski definition) is 2. The molecule has 1 aromatic carbocycles. The van der Waals surface area contributed by atoms with Crippen LogP contribution < -0.4 is 11.3 Å². The number of hydrogen-bond acceptors (Lipinski definition) is 2. The monoisotopic (exact) mass is 191 g/mol. The van der Waals surface area contributed by atoms with E-state index >= 15 is 0 Å². The highest BCUT2D eigenvalue weighted by molar-refractivity contribution is 5.78. The largest absolute Gasteiger partial charge is 0.324 e. The quantitative estimate of drug-likeness (QED) is 0.703. The highest BCUT2D eigenvalue weighted by Gasteiger charge is 2.06. The van der Waals surface area contributed by atoms with Gasteiger partial charge in [0.1, 0.15) is 0 Å². The van der Waals surface area contributed by atoms with Crippen molar-refractivity contribution in [3.63, 3.8) is 0 Å². The van der Waals surface area contributed by atoms with Crippen molar-refractivity contribution in [1.82, 2.24) is 9.78 Å². The molecule has 1 atom stereocenters. The first-order valence-electron chi connectivity index (χ1n) is 4.54. The summed E-state index contributed by atoms with van der Waals surface area (Å²) in [6.07, 6.45) is 0. The molecule has 1 unspecified atom stereocenters. The van der Waals surface area contributed by atoms with Crippen molar-refractivity contribution in [2.45, 2.75) is 13.0 Å². The van der Waals surface area contributed by atoms with Gasteiger partial charge in [0, 0.05) is 13.1 Å². The third kappa shape index (κ3) is 1.24. The Morgan fingerprint density at radius 2 is 2.21 bits per heavy atom. The van der Waals surface area contributed by atoms with E-state index in [2.05, 4.69) is 5.10 Å². The topological polar surface area (TPSA) is 63.8 Å². The smallest absolute Gasteiger partial charge is 0.274 e. The van der Waals surface area contributed by atoms with E-state index in [0.29, 0.717) is 5.39 Å². The van der Waals surface area contributed by atoms with Gasteiger partial charge in [0.2, 0.25) is 0 Å². The van der Waals surface area contributed by atoms with Crippen molar-refractivity contribution in [3.8, 4) is 0 Å². The minimum Gasteiger partial charge on any atom is -0.324 e. The molecule has 0 aliphatic rings. The first-order valence-corrected chi connectivity index (χ1v) is 4.54. The van der Waals surface area contributed by atoms with Gasteiger partial charge >= 0.3 is 0 Å². The molecule has 0 radical (unpaired) electrons. The summed E-state index contributed by atoms with van der Waals surface area (Å²) in [6, 6.07) is 5.62. The number of aromatic nitrogens is 2. The summed E-state index contributed by atoms with van der Waals surface area (Å²) in [4.78, 5) is 11.6. The maximum absolute atomic E-state index is 11.6. The fourth-order valence-electron chi connectivity index (χ4n) is 1.53. The van der Waals surface area contributed by atoms with E-state index in [-0.39, 0.29) is 11.6 Å². The van der Waals surface area contributed by atoms with Crippen molar-refractivity contribution < 1.29 is 0 Å². The van der Waals surface area contributed by atoms with Crippen molar-refractivity contribution >= 4 is 10.9 Å². The fraction of sp³-hybridized carbons (Fsp3) is 0.300. The number of nitrogens with zero attached hydrogens (tertiary/aromatic N) is 1. The molecule has 0 aliphatic heterocycles. The molecule has 0 amide bonds. The molecule has 0 saturated carbocycles. The van der Waals surface area contributed by atoms with Crippen LogP contribution in [0.25, 0.3) is 10.9 Å². The van der Waals surface area contributed by atoms with Crippen LogP contribution in [0.1, 0.15) is 18.5 Å². The Balaban J connectivity index is 2.76. The number of aromatic amines is 1. The van der Waals surface area contributed by atoms with Crippen LogP contribution in [0.4, 0.5) is 0 Å². The molecule has 1 heterocycles. The van der Waals surface area contributed by atoms with Crippen LogP contribution in [0, 0.1) is 0 Å². The second-order valence-electron chi connectivity index (χ2n) is 3.57. The van der Waals surface area contributed by atoms with Crippen LogP contribution in [-0.2, 0) is 7.05 Å². The van der Waals surface area contributed by atoms with Gasteiger partial charge in [-0.25, -0.2) is 0 Å². The van der Waals surface area contributed by atoms with Gasteiger partial charge in [-0.1, -0.05) is 6.07 Å². The van der Waals surface area contributed by atoms with E-state index in [9.17, 15) is 4.79 Å². The van der Waals surface area contributed by atoms with Crippen molar-refractivity contribution in [1.29, 1.82) is 0 Å². The molecule has 0 fully saturated rings. The summed E-state index contributed by atoms with van der Waals surface area (Å²) in [5.74, 6) is 0. The van der Waals surface area contributed by atoms with Crippen molar-refractivity contribution in [2.75, 3.05) is 0 Å². The predicted molar refractivity (Wildman–Crippen MR) is 56.1 cm³/mol. The maximum Gasteiger partial charge on any atom is 0.274 e. The summed E-state index contributed by atoms with van der Waals surface area (Å²) in [7, 11) is 1.70. The average Bonchev–Trinajstić information content (AvgIpc) is 2.43. The van der Waals surface area contributed by atoms with Gasteiger partial charge in [-0.15, -0.1) is 0 Å². The molecule has 3 N–H and O–H groups in total. The highest BCUT2D eigenvalue weighted by Crippen LogP contribution is 2.14. The third-order valence-electron chi connectivity index (χ3n) is 2.39. The van der Waals surface area contributed by atoms with E-state index < -0.39 is 0 Å². The number of nitrogens with two attached hydrogens (primary N) is 1. The molecule has 2 aromatic rings. The SMILES string of the molecule is CC(N)c1ccc2[nH]n(C)c(=O)c2c1. The summed E-state index contributed by atoms with van der Waals surface area (Å²) in [5, 5.41) is 3.65. The van der Waals surface area contributed by atoms with E-state index in [4.69, 9.17) is 5.73 Å². The Morgan fingerprint density at radius 3 is 2.86 bits per heavy atom. The molecule has 74 valence electrons. The first-order chi connectivity index (χ1) is 6.59. The summed E-state index contributed by atoms with van der Waals surface area (Å²) in [6.45, 7) is 1.90.